The van der Waals surface area contributed by atoms with Gasteiger partial charge >= 0.3 is 0 Å². The Balaban J connectivity index is 1.81. The van der Waals surface area contributed by atoms with Crippen LogP contribution in [-0.2, 0) is 20.0 Å². The van der Waals surface area contributed by atoms with Gasteiger partial charge in [0.2, 0.25) is 0 Å². The van der Waals surface area contributed by atoms with Crippen LogP contribution in [0.1, 0.15) is 5.56 Å². The molecule has 0 heterocycles. The Kier molecular flexibility index (Phi) is 6.85. The first-order valence-electron chi connectivity index (χ1n) is 8.78. The predicted octanol–water partition coefficient (Wildman–Crippen LogP) is 5.02. The molecule has 164 valence electrons. The van der Waals surface area contributed by atoms with E-state index in [9.17, 15) is 16.8 Å². The van der Waals surface area contributed by atoms with Crippen molar-refractivity contribution < 1.29 is 21.6 Å². The van der Waals surface area contributed by atoms with Gasteiger partial charge in [0, 0.05) is 10.7 Å². The second-order valence-corrected chi connectivity index (χ2v) is 11.1. The molecule has 3 aromatic rings. The van der Waals surface area contributed by atoms with Crippen molar-refractivity contribution in [3.63, 3.8) is 0 Å². The number of sulfonamides is 2. The number of anilines is 2. The Morgan fingerprint density at radius 3 is 2.10 bits per heavy atom. The van der Waals surface area contributed by atoms with Crippen LogP contribution >= 0.6 is 27.5 Å². The fraction of sp³-hybridized carbons (Fsp3) is 0.100. The Morgan fingerprint density at radius 1 is 0.871 bits per heavy atom. The van der Waals surface area contributed by atoms with Gasteiger partial charge in [0.15, 0.2) is 0 Å². The molecule has 0 fully saturated rings. The van der Waals surface area contributed by atoms with E-state index in [1.165, 1.54) is 49.6 Å². The Labute approximate surface area is 194 Å². The molecule has 0 saturated heterocycles. The summed E-state index contributed by atoms with van der Waals surface area (Å²) in [6.07, 6.45) is 0. The fourth-order valence-corrected chi connectivity index (χ4v) is 5.73. The van der Waals surface area contributed by atoms with Crippen molar-refractivity contribution in [3.05, 3.63) is 75.7 Å². The highest BCUT2D eigenvalue weighted by Crippen LogP contribution is 2.29. The summed E-state index contributed by atoms with van der Waals surface area (Å²) >= 11 is 9.29. The van der Waals surface area contributed by atoms with E-state index in [0.717, 1.165) is 0 Å². The first-order valence-corrected chi connectivity index (χ1v) is 12.9. The number of ether oxygens (including phenoxy) is 1. The number of hydrogen-bond acceptors (Lipinski definition) is 5. The maximum Gasteiger partial charge on any atom is 0.261 e. The van der Waals surface area contributed by atoms with Gasteiger partial charge < -0.3 is 4.74 Å². The van der Waals surface area contributed by atoms with Gasteiger partial charge in [-0.25, -0.2) is 16.8 Å². The molecule has 0 aliphatic heterocycles. The zero-order valence-corrected chi connectivity index (χ0v) is 20.4. The van der Waals surface area contributed by atoms with Gasteiger partial charge in [0.05, 0.1) is 27.1 Å². The van der Waals surface area contributed by atoms with Crippen molar-refractivity contribution in [1.82, 2.24) is 0 Å². The van der Waals surface area contributed by atoms with Crippen LogP contribution in [0.3, 0.4) is 0 Å². The van der Waals surface area contributed by atoms with Crippen LogP contribution in [0, 0.1) is 6.92 Å². The molecule has 0 aliphatic carbocycles. The summed E-state index contributed by atoms with van der Waals surface area (Å²) in [5.41, 5.74) is 1.18. The van der Waals surface area contributed by atoms with Crippen LogP contribution in [0.4, 0.5) is 11.4 Å². The standard InChI is InChI=1S/C20H18BrClN2O5S2/c1-13-18(22)4-3-5-19(13)24-30(25,26)15-8-6-14(7-9-15)23-31(27,28)16-10-11-20(29-2)17(21)12-16/h3-12,23-24H,1-2H3. The number of hydrogen-bond donors (Lipinski definition) is 2. The SMILES string of the molecule is COc1ccc(S(=O)(=O)Nc2ccc(S(=O)(=O)Nc3cccc(Cl)c3C)cc2)cc1Br. The van der Waals surface area contributed by atoms with Gasteiger partial charge in [-0.2, -0.15) is 0 Å². The average molecular weight is 546 g/mol. The largest absolute Gasteiger partial charge is 0.496 e. The Morgan fingerprint density at radius 2 is 1.48 bits per heavy atom. The summed E-state index contributed by atoms with van der Waals surface area (Å²) in [6.45, 7) is 1.70. The van der Waals surface area contributed by atoms with Crippen molar-refractivity contribution >= 4 is 59.0 Å². The van der Waals surface area contributed by atoms with Crippen molar-refractivity contribution in [1.29, 1.82) is 0 Å². The van der Waals surface area contributed by atoms with Crippen LogP contribution in [0.2, 0.25) is 5.02 Å². The molecule has 2 N–H and O–H groups in total. The summed E-state index contributed by atoms with van der Waals surface area (Å²) < 4.78 is 61.1. The normalized spacial score (nSPS) is 11.7. The molecule has 0 radical (unpaired) electrons. The van der Waals surface area contributed by atoms with E-state index in [-0.39, 0.29) is 15.5 Å². The van der Waals surface area contributed by atoms with E-state index in [1.807, 2.05) is 0 Å². The van der Waals surface area contributed by atoms with Crippen LogP contribution in [0.5, 0.6) is 5.75 Å². The predicted molar refractivity (Wildman–Crippen MR) is 125 cm³/mol. The lowest BCUT2D eigenvalue weighted by atomic mass is 10.2. The number of rotatable bonds is 7. The van der Waals surface area contributed by atoms with Crippen molar-refractivity contribution in [2.24, 2.45) is 0 Å². The Hall–Kier alpha value is -2.27. The zero-order chi connectivity index (χ0) is 22.8. The lowest BCUT2D eigenvalue weighted by Gasteiger charge is -2.13. The van der Waals surface area contributed by atoms with Crippen LogP contribution in [0.25, 0.3) is 0 Å². The summed E-state index contributed by atoms with van der Waals surface area (Å²) in [4.78, 5) is -0.00279. The first-order chi connectivity index (χ1) is 14.5. The van der Waals surface area contributed by atoms with Crippen LogP contribution < -0.4 is 14.2 Å². The highest BCUT2D eigenvalue weighted by molar-refractivity contribution is 9.10. The van der Waals surface area contributed by atoms with E-state index in [1.54, 1.807) is 25.1 Å². The quantitative estimate of drug-likeness (QED) is 0.434. The lowest BCUT2D eigenvalue weighted by molar-refractivity contribution is 0.411. The average Bonchev–Trinajstić information content (AvgIpc) is 2.71. The maximum atomic E-state index is 12.7. The molecule has 31 heavy (non-hydrogen) atoms. The van der Waals surface area contributed by atoms with Gasteiger partial charge in [0.1, 0.15) is 5.75 Å². The number of methoxy groups -OCH3 is 1. The molecular formula is C20H18BrClN2O5S2. The van der Waals surface area contributed by atoms with Crippen LogP contribution in [0.15, 0.2) is 74.9 Å². The van der Waals surface area contributed by atoms with Crippen LogP contribution in [-0.4, -0.2) is 23.9 Å². The van der Waals surface area contributed by atoms with Crippen molar-refractivity contribution in [3.8, 4) is 5.75 Å². The second kappa shape index (κ2) is 9.07. The van der Waals surface area contributed by atoms with Gasteiger partial charge in [0.25, 0.3) is 20.0 Å². The molecule has 3 rings (SSSR count). The molecule has 0 amide bonds. The monoisotopic (exact) mass is 544 g/mol. The third kappa shape index (κ3) is 5.32. The molecule has 0 spiro atoms. The zero-order valence-electron chi connectivity index (χ0n) is 16.4. The summed E-state index contributed by atoms with van der Waals surface area (Å²) in [5.74, 6) is 0.496. The maximum absolute atomic E-state index is 12.7. The second-order valence-electron chi connectivity index (χ2n) is 6.44. The lowest BCUT2D eigenvalue weighted by Crippen LogP contribution is -2.15. The molecular weight excluding hydrogens is 528 g/mol. The molecule has 0 aliphatic rings. The Bertz CT molecular complexity index is 1330. The minimum atomic E-state index is -3.88. The highest BCUT2D eigenvalue weighted by atomic mass is 79.9. The molecule has 0 atom stereocenters. The number of nitrogens with one attached hydrogen (secondary N) is 2. The molecule has 7 nitrogen and oxygen atoms in total. The molecule has 0 saturated carbocycles. The topological polar surface area (TPSA) is 102 Å². The van der Waals surface area contributed by atoms with E-state index >= 15 is 0 Å². The minimum absolute atomic E-state index is 0.0231. The highest BCUT2D eigenvalue weighted by Gasteiger charge is 2.19. The van der Waals surface area contributed by atoms with Gasteiger partial charge in [-0.1, -0.05) is 17.7 Å². The van der Waals surface area contributed by atoms with E-state index in [0.29, 0.717) is 26.5 Å². The smallest absolute Gasteiger partial charge is 0.261 e. The van der Waals surface area contributed by atoms with E-state index < -0.39 is 20.0 Å². The third-order valence-electron chi connectivity index (χ3n) is 4.36. The van der Waals surface area contributed by atoms with Gasteiger partial charge in [-0.15, -0.1) is 0 Å². The molecule has 3 aromatic carbocycles. The van der Waals surface area contributed by atoms with Gasteiger partial charge in [-0.3, -0.25) is 9.44 Å². The fourth-order valence-electron chi connectivity index (χ4n) is 2.65. The van der Waals surface area contributed by atoms with Gasteiger partial charge in [-0.05, 0) is 83.0 Å². The molecule has 11 heteroatoms. The summed E-state index contributed by atoms with van der Waals surface area (Å²) in [5, 5.41) is 0.440. The minimum Gasteiger partial charge on any atom is -0.496 e. The molecule has 0 aromatic heterocycles. The molecule has 0 unspecified atom stereocenters. The molecule has 0 bridgehead atoms. The first kappa shape index (κ1) is 23.4. The third-order valence-corrected chi connectivity index (χ3v) is 8.15. The van der Waals surface area contributed by atoms with Crippen molar-refractivity contribution in [2.75, 3.05) is 16.6 Å². The summed E-state index contributed by atoms with van der Waals surface area (Å²) in [6, 6.07) is 14.6. The van der Waals surface area contributed by atoms with E-state index in [4.69, 9.17) is 16.3 Å². The number of benzene rings is 3. The number of halogens is 2. The summed E-state index contributed by atoms with van der Waals surface area (Å²) in [7, 11) is -6.29. The van der Waals surface area contributed by atoms with Crippen molar-refractivity contribution in [2.45, 2.75) is 16.7 Å². The van der Waals surface area contributed by atoms with E-state index in [2.05, 4.69) is 25.4 Å².